The van der Waals surface area contributed by atoms with Gasteiger partial charge in [-0.1, -0.05) is 18.2 Å². The van der Waals surface area contributed by atoms with E-state index in [-0.39, 0.29) is 5.97 Å². The monoisotopic (exact) mass is 408 g/mol. The standard InChI is InChI=1S/C22H28N6O2/c1-3-30-21(29)17-13-24-22(25-14-17)28-10-8-16(9-11-28)12-23-15-19-18-6-4-5-7-20(18)27(2)26-19/h4-7,13-14,16,23H,3,8-12,15H2,1-2H3. The minimum atomic E-state index is -0.380. The maximum absolute atomic E-state index is 11.7. The van der Waals surface area contributed by atoms with Crippen molar-refractivity contribution in [2.75, 3.05) is 31.1 Å². The van der Waals surface area contributed by atoms with Crippen molar-refractivity contribution in [3.63, 3.8) is 0 Å². The Balaban J connectivity index is 1.25. The number of ether oxygens (including phenoxy) is 1. The molecule has 0 spiro atoms. The highest BCUT2D eigenvalue weighted by Crippen LogP contribution is 2.21. The van der Waals surface area contributed by atoms with Gasteiger partial charge in [0.2, 0.25) is 5.95 Å². The minimum Gasteiger partial charge on any atom is -0.462 e. The molecule has 0 atom stereocenters. The van der Waals surface area contributed by atoms with Crippen molar-refractivity contribution in [1.82, 2.24) is 25.1 Å². The lowest BCUT2D eigenvalue weighted by Gasteiger charge is -2.32. The van der Waals surface area contributed by atoms with E-state index < -0.39 is 0 Å². The van der Waals surface area contributed by atoms with Crippen LogP contribution in [0, 0.1) is 5.92 Å². The summed E-state index contributed by atoms with van der Waals surface area (Å²) in [6.07, 6.45) is 5.26. The van der Waals surface area contributed by atoms with Crippen LogP contribution in [0.2, 0.25) is 0 Å². The zero-order valence-corrected chi connectivity index (χ0v) is 17.5. The van der Waals surface area contributed by atoms with E-state index in [1.54, 1.807) is 19.3 Å². The molecule has 1 N–H and O–H groups in total. The molecule has 0 aliphatic carbocycles. The van der Waals surface area contributed by atoms with Crippen LogP contribution in [0.1, 0.15) is 35.8 Å². The fourth-order valence-corrected chi connectivity index (χ4v) is 3.96. The van der Waals surface area contributed by atoms with Gasteiger partial charge in [-0.15, -0.1) is 0 Å². The van der Waals surface area contributed by atoms with Gasteiger partial charge in [-0.3, -0.25) is 4.68 Å². The Morgan fingerprint density at radius 1 is 1.20 bits per heavy atom. The number of hydrogen-bond donors (Lipinski definition) is 1. The molecule has 1 fully saturated rings. The zero-order valence-electron chi connectivity index (χ0n) is 17.5. The number of anilines is 1. The summed E-state index contributed by atoms with van der Waals surface area (Å²) in [5.41, 5.74) is 2.65. The predicted molar refractivity (Wildman–Crippen MR) is 115 cm³/mol. The first-order valence-electron chi connectivity index (χ1n) is 10.5. The number of nitrogens with zero attached hydrogens (tertiary/aromatic N) is 5. The van der Waals surface area contributed by atoms with Crippen molar-refractivity contribution in [3.8, 4) is 0 Å². The highest BCUT2D eigenvalue weighted by Gasteiger charge is 2.21. The average Bonchev–Trinajstić information content (AvgIpc) is 3.10. The molecule has 4 rings (SSSR count). The first kappa shape index (κ1) is 20.3. The lowest BCUT2D eigenvalue weighted by molar-refractivity contribution is 0.0525. The van der Waals surface area contributed by atoms with Crippen LogP contribution in [0.25, 0.3) is 10.9 Å². The molecule has 3 heterocycles. The van der Waals surface area contributed by atoms with Crippen molar-refractivity contribution in [2.45, 2.75) is 26.3 Å². The summed E-state index contributed by atoms with van der Waals surface area (Å²) >= 11 is 0. The van der Waals surface area contributed by atoms with Gasteiger partial charge < -0.3 is 15.0 Å². The Labute approximate surface area is 176 Å². The lowest BCUT2D eigenvalue weighted by atomic mass is 9.97. The number of esters is 1. The van der Waals surface area contributed by atoms with E-state index in [4.69, 9.17) is 4.74 Å². The van der Waals surface area contributed by atoms with Crippen LogP contribution < -0.4 is 10.2 Å². The van der Waals surface area contributed by atoms with Crippen LogP contribution in [-0.2, 0) is 18.3 Å². The molecule has 0 radical (unpaired) electrons. The second kappa shape index (κ2) is 9.21. The number of benzene rings is 1. The molecule has 8 nitrogen and oxygen atoms in total. The summed E-state index contributed by atoms with van der Waals surface area (Å²) in [5, 5.41) is 9.45. The number of aryl methyl sites for hydroxylation is 1. The maximum atomic E-state index is 11.7. The fraction of sp³-hybridized carbons (Fsp3) is 0.455. The Bertz CT molecular complexity index is 993. The predicted octanol–water partition coefficient (Wildman–Crippen LogP) is 2.55. The van der Waals surface area contributed by atoms with Crippen LogP contribution in [0.5, 0.6) is 0 Å². The second-order valence-electron chi connectivity index (χ2n) is 7.64. The van der Waals surface area contributed by atoms with Gasteiger partial charge in [0, 0.05) is 44.5 Å². The number of nitrogens with one attached hydrogen (secondary N) is 1. The van der Waals surface area contributed by atoms with Gasteiger partial charge >= 0.3 is 5.97 Å². The molecule has 0 unspecified atom stereocenters. The van der Waals surface area contributed by atoms with Crippen LogP contribution >= 0.6 is 0 Å². The SMILES string of the molecule is CCOC(=O)c1cnc(N2CCC(CNCc3nn(C)c4ccccc34)CC2)nc1. The third-order valence-corrected chi connectivity index (χ3v) is 5.61. The van der Waals surface area contributed by atoms with Crippen molar-refractivity contribution >= 4 is 22.8 Å². The molecule has 0 saturated carbocycles. The number of para-hydroxylation sites is 1. The summed E-state index contributed by atoms with van der Waals surface area (Å²) < 4.78 is 6.92. The molecular weight excluding hydrogens is 380 g/mol. The van der Waals surface area contributed by atoms with Crippen LogP contribution in [0.15, 0.2) is 36.7 Å². The van der Waals surface area contributed by atoms with E-state index >= 15 is 0 Å². The highest BCUT2D eigenvalue weighted by atomic mass is 16.5. The van der Waals surface area contributed by atoms with Gasteiger partial charge in [-0.05, 0) is 38.3 Å². The molecule has 1 aliphatic heterocycles. The van der Waals surface area contributed by atoms with Crippen molar-refractivity contribution in [1.29, 1.82) is 0 Å². The van der Waals surface area contributed by atoms with E-state index in [2.05, 4.69) is 43.5 Å². The molecule has 3 aromatic rings. The second-order valence-corrected chi connectivity index (χ2v) is 7.64. The van der Waals surface area contributed by atoms with Gasteiger partial charge in [-0.2, -0.15) is 5.10 Å². The quantitative estimate of drug-likeness (QED) is 0.601. The number of rotatable bonds is 7. The third kappa shape index (κ3) is 4.43. The zero-order chi connectivity index (χ0) is 20.9. The first-order chi connectivity index (χ1) is 14.7. The normalized spacial score (nSPS) is 14.9. The van der Waals surface area contributed by atoms with Crippen molar-refractivity contribution in [3.05, 3.63) is 47.9 Å². The smallest absolute Gasteiger partial charge is 0.341 e. The fourth-order valence-electron chi connectivity index (χ4n) is 3.96. The van der Waals surface area contributed by atoms with Gasteiger partial charge in [0.15, 0.2) is 0 Å². The Kier molecular flexibility index (Phi) is 6.23. The van der Waals surface area contributed by atoms with E-state index in [1.807, 2.05) is 17.8 Å². The van der Waals surface area contributed by atoms with Crippen molar-refractivity contribution in [2.24, 2.45) is 13.0 Å². The first-order valence-corrected chi connectivity index (χ1v) is 10.5. The van der Waals surface area contributed by atoms with Gasteiger partial charge in [0.1, 0.15) is 0 Å². The van der Waals surface area contributed by atoms with Crippen LogP contribution in [0.3, 0.4) is 0 Å². The van der Waals surface area contributed by atoms with Crippen LogP contribution in [-0.4, -0.2) is 52.0 Å². The summed E-state index contributed by atoms with van der Waals surface area (Å²) in [6.45, 7) is 5.71. The van der Waals surface area contributed by atoms with E-state index in [0.717, 1.165) is 50.2 Å². The number of carbonyl (C=O) groups is 1. The number of fused-ring (bicyclic) bond motifs is 1. The average molecular weight is 409 g/mol. The molecule has 2 aromatic heterocycles. The van der Waals surface area contributed by atoms with Gasteiger partial charge in [-0.25, -0.2) is 14.8 Å². The molecular formula is C22H28N6O2. The number of hydrogen-bond acceptors (Lipinski definition) is 7. The van der Waals surface area contributed by atoms with Gasteiger partial charge in [0.05, 0.1) is 23.4 Å². The summed E-state index contributed by atoms with van der Waals surface area (Å²) in [6, 6.07) is 8.33. The molecule has 1 saturated heterocycles. The summed E-state index contributed by atoms with van der Waals surface area (Å²) in [7, 11) is 1.99. The van der Waals surface area contributed by atoms with E-state index in [1.165, 1.54) is 5.39 Å². The highest BCUT2D eigenvalue weighted by molar-refractivity contribution is 5.88. The Hall–Kier alpha value is -3.00. The molecule has 1 aliphatic rings. The molecule has 0 bridgehead atoms. The third-order valence-electron chi connectivity index (χ3n) is 5.61. The maximum Gasteiger partial charge on any atom is 0.341 e. The Morgan fingerprint density at radius 3 is 2.67 bits per heavy atom. The lowest BCUT2D eigenvalue weighted by Crippen LogP contribution is -2.38. The largest absolute Gasteiger partial charge is 0.462 e. The molecule has 158 valence electrons. The Morgan fingerprint density at radius 2 is 1.93 bits per heavy atom. The number of carbonyl (C=O) groups excluding carboxylic acids is 1. The minimum absolute atomic E-state index is 0.346. The number of piperidine rings is 1. The molecule has 30 heavy (non-hydrogen) atoms. The number of aromatic nitrogens is 4. The summed E-state index contributed by atoms with van der Waals surface area (Å²) in [4.78, 5) is 22.6. The van der Waals surface area contributed by atoms with Crippen molar-refractivity contribution < 1.29 is 9.53 Å². The van der Waals surface area contributed by atoms with E-state index in [0.29, 0.717) is 24.0 Å². The molecule has 8 heteroatoms. The molecule has 1 aromatic carbocycles. The topological polar surface area (TPSA) is 85.2 Å². The van der Waals surface area contributed by atoms with Gasteiger partial charge in [0.25, 0.3) is 0 Å². The molecule has 0 amide bonds. The van der Waals surface area contributed by atoms with E-state index in [9.17, 15) is 4.79 Å². The van der Waals surface area contributed by atoms with Crippen LogP contribution in [0.4, 0.5) is 5.95 Å². The summed E-state index contributed by atoms with van der Waals surface area (Å²) in [5.74, 6) is 0.916.